The molecule has 1 aliphatic carbocycles. The molecule has 0 aliphatic heterocycles. The zero-order valence-electron chi connectivity index (χ0n) is 12.0. The summed E-state index contributed by atoms with van der Waals surface area (Å²) in [7, 11) is 0. The van der Waals surface area contributed by atoms with Crippen LogP contribution in [0.25, 0.3) is 0 Å². The van der Waals surface area contributed by atoms with Gasteiger partial charge in [0.05, 0.1) is 6.54 Å². The van der Waals surface area contributed by atoms with Gasteiger partial charge in [-0.05, 0) is 37.5 Å². The number of benzene rings is 1. The topological polar surface area (TPSA) is 47.0 Å². The maximum atomic E-state index is 6.03. The minimum Gasteiger partial charge on any atom is -0.492 e. The van der Waals surface area contributed by atoms with Gasteiger partial charge in [-0.15, -0.1) is 0 Å². The van der Waals surface area contributed by atoms with Crippen molar-refractivity contribution in [1.29, 1.82) is 0 Å². The lowest BCUT2D eigenvalue weighted by Crippen LogP contribution is -2.13. The number of hydrogen-bond donors (Lipinski definition) is 1. The van der Waals surface area contributed by atoms with Crippen molar-refractivity contribution in [3.8, 4) is 5.75 Å². The Labute approximate surface area is 129 Å². The molecule has 0 radical (unpaired) electrons. The highest BCUT2D eigenvalue weighted by molar-refractivity contribution is 6.29. The molecule has 4 nitrogen and oxygen atoms in total. The van der Waals surface area contributed by atoms with Gasteiger partial charge in [0.1, 0.15) is 29.2 Å². The predicted molar refractivity (Wildman–Crippen MR) is 84.2 cm³/mol. The van der Waals surface area contributed by atoms with Gasteiger partial charge in [0.2, 0.25) is 0 Å². The molecule has 1 aromatic heterocycles. The van der Waals surface area contributed by atoms with E-state index in [4.69, 9.17) is 16.3 Å². The van der Waals surface area contributed by atoms with Crippen LogP contribution >= 0.6 is 11.6 Å². The molecule has 1 saturated carbocycles. The third kappa shape index (κ3) is 4.08. The molecule has 1 N–H and O–H groups in total. The van der Waals surface area contributed by atoms with Crippen molar-refractivity contribution in [1.82, 2.24) is 9.97 Å². The van der Waals surface area contributed by atoms with Crippen molar-refractivity contribution in [2.24, 2.45) is 0 Å². The number of hydrogen-bond acceptors (Lipinski definition) is 4. The van der Waals surface area contributed by atoms with E-state index in [0.29, 0.717) is 24.2 Å². The number of halogens is 1. The molecule has 0 saturated heterocycles. The zero-order chi connectivity index (χ0) is 14.7. The average Bonchev–Trinajstić information content (AvgIpc) is 3.28. The summed E-state index contributed by atoms with van der Waals surface area (Å²) >= 11 is 6.03. The van der Waals surface area contributed by atoms with Gasteiger partial charge in [0.15, 0.2) is 0 Å². The first kappa shape index (κ1) is 14.1. The first-order valence-electron chi connectivity index (χ1n) is 7.18. The largest absolute Gasteiger partial charge is 0.492 e. The van der Waals surface area contributed by atoms with Gasteiger partial charge in [0, 0.05) is 12.0 Å². The summed E-state index contributed by atoms with van der Waals surface area (Å²) in [6.07, 6.45) is 2.33. The fourth-order valence-electron chi connectivity index (χ4n) is 2.10. The van der Waals surface area contributed by atoms with Crippen molar-refractivity contribution in [2.75, 3.05) is 18.5 Å². The van der Waals surface area contributed by atoms with Crippen molar-refractivity contribution in [2.45, 2.75) is 25.7 Å². The molecule has 0 atom stereocenters. The average molecular weight is 304 g/mol. The molecule has 3 rings (SSSR count). The number of rotatable bonds is 6. The van der Waals surface area contributed by atoms with Crippen LogP contribution in [-0.4, -0.2) is 23.1 Å². The summed E-state index contributed by atoms with van der Waals surface area (Å²) in [5.41, 5.74) is 1.19. The van der Waals surface area contributed by atoms with Crippen LogP contribution < -0.4 is 10.1 Å². The summed E-state index contributed by atoms with van der Waals surface area (Å²) in [5, 5.41) is 3.73. The van der Waals surface area contributed by atoms with Crippen LogP contribution in [0, 0.1) is 6.92 Å². The molecule has 5 heteroatoms. The van der Waals surface area contributed by atoms with E-state index >= 15 is 0 Å². The Bertz CT molecular complexity index is 629. The second-order valence-electron chi connectivity index (χ2n) is 5.30. The molecule has 1 aliphatic rings. The van der Waals surface area contributed by atoms with Crippen LogP contribution in [0.15, 0.2) is 30.3 Å². The Morgan fingerprint density at radius 1 is 1.29 bits per heavy atom. The Kier molecular flexibility index (Phi) is 4.25. The molecule has 1 heterocycles. The molecule has 0 bridgehead atoms. The molecule has 0 spiro atoms. The minimum absolute atomic E-state index is 0.493. The number of ether oxygens (including phenoxy) is 1. The van der Waals surface area contributed by atoms with Gasteiger partial charge < -0.3 is 10.1 Å². The van der Waals surface area contributed by atoms with E-state index in [9.17, 15) is 0 Å². The quantitative estimate of drug-likeness (QED) is 0.651. The summed E-state index contributed by atoms with van der Waals surface area (Å²) in [4.78, 5) is 8.76. The minimum atomic E-state index is 0.493. The van der Waals surface area contributed by atoms with Gasteiger partial charge in [-0.2, -0.15) is 0 Å². The molecule has 1 fully saturated rings. The number of anilines is 1. The van der Waals surface area contributed by atoms with Crippen molar-refractivity contribution in [3.05, 3.63) is 46.9 Å². The molecular formula is C16H18ClN3O. The van der Waals surface area contributed by atoms with Crippen molar-refractivity contribution >= 4 is 17.4 Å². The number of nitrogens with zero attached hydrogens (tertiary/aromatic N) is 2. The molecule has 2 aromatic rings. The Morgan fingerprint density at radius 3 is 2.90 bits per heavy atom. The standard InChI is InChI=1S/C16H18ClN3O/c1-11-3-2-4-13(9-11)21-8-7-18-15-10-14(17)19-16(20-15)12-5-6-12/h2-4,9-10,12H,5-8H2,1H3,(H,18,19,20). The molecular weight excluding hydrogens is 286 g/mol. The summed E-state index contributed by atoms with van der Waals surface area (Å²) in [6, 6.07) is 9.77. The number of aromatic nitrogens is 2. The lowest BCUT2D eigenvalue weighted by molar-refractivity contribution is 0.332. The van der Waals surface area contributed by atoms with Gasteiger partial charge >= 0.3 is 0 Å². The Balaban J connectivity index is 1.51. The van der Waals surface area contributed by atoms with Crippen LogP contribution in [0.3, 0.4) is 0 Å². The molecule has 21 heavy (non-hydrogen) atoms. The maximum Gasteiger partial charge on any atom is 0.135 e. The van der Waals surface area contributed by atoms with Crippen LogP contribution in [0.4, 0.5) is 5.82 Å². The second kappa shape index (κ2) is 6.31. The predicted octanol–water partition coefficient (Wildman–Crippen LogP) is 3.81. The molecule has 1 aromatic carbocycles. The van der Waals surface area contributed by atoms with E-state index in [-0.39, 0.29) is 0 Å². The summed E-state index contributed by atoms with van der Waals surface area (Å²) in [6.45, 7) is 3.29. The van der Waals surface area contributed by atoms with Crippen LogP contribution in [0.2, 0.25) is 5.15 Å². The highest BCUT2D eigenvalue weighted by atomic mass is 35.5. The fourth-order valence-corrected chi connectivity index (χ4v) is 2.29. The maximum absolute atomic E-state index is 6.03. The highest BCUT2D eigenvalue weighted by Gasteiger charge is 2.27. The summed E-state index contributed by atoms with van der Waals surface area (Å²) in [5.74, 6) is 3.00. The number of aryl methyl sites for hydroxylation is 1. The smallest absolute Gasteiger partial charge is 0.135 e. The van der Waals surface area contributed by atoms with Crippen LogP contribution in [0.5, 0.6) is 5.75 Å². The van der Waals surface area contributed by atoms with Gasteiger partial charge in [0.25, 0.3) is 0 Å². The molecule has 110 valence electrons. The van der Waals surface area contributed by atoms with E-state index in [1.54, 1.807) is 6.07 Å². The normalized spacial score (nSPS) is 14.0. The van der Waals surface area contributed by atoms with Gasteiger partial charge in [-0.3, -0.25) is 0 Å². The third-order valence-corrected chi connectivity index (χ3v) is 3.51. The lowest BCUT2D eigenvalue weighted by Gasteiger charge is -2.09. The van der Waals surface area contributed by atoms with E-state index < -0.39 is 0 Å². The SMILES string of the molecule is Cc1cccc(OCCNc2cc(Cl)nc(C3CC3)n2)c1. The van der Waals surface area contributed by atoms with Crippen LogP contribution in [-0.2, 0) is 0 Å². The lowest BCUT2D eigenvalue weighted by atomic mass is 10.2. The summed E-state index contributed by atoms with van der Waals surface area (Å²) < 4.78 is 5.69. The highest BCUT2D eigenvalue weighted by Crippen LogP contribution is 2.38. The van der Waals surface area contributed by atoms with Gasteiger partial charge in [-0.1, -0.05) is 23.7 Å². The van der Waals surface area contributed by atoms with Crippen molar-refractivity contribution < 1.29 is 4.74 Å². The van der Waals surface area contributed by atoms with Gasteiger partial charge in [-0.25, -0.2) is 9.97 Å². The number of nitrogens with one attached hydrogen (secondary N) is 1. The van der Waals surface area contributed by atoms with E-state index in [2.05, 4.69) is 15.3 Å². The first-order valence-corrected chi connectivity index (χ1v) is 7.56. The van der Waals surface area contributed by atoms with Crippen molar-refractivity contribution in [3.63, 3.8) is 0 Å². The van der Waals surface area contributed by atoms with Crippen LogP contribution in [0.1, 0.15) is 30.1 Å². The fraction of sp³-hybridized carbons (Fsp3) is 0.375. The van der Waals surface area contributed by atoms with E-state index in [0.717, 1.165) is 30.2 Å². The third-order valence-electron chi connectivity index (χ3n) is 3.32. The zero-order valence-corrected chi connectivity index (χ0v) is 12.7. The first-order chi connectivity index (χ1) is 10.2. The molecule has 0 amide bonds. The Morgan fingerprint density at radius 2 is 2.14 bits per heavy atom. The second-order valence-corrected chi connectivity index (χ2v) is 5.69. The van der Waals surface area contributed by atoms with E-state index in [1.165, 1.54) is 5.56 Å². The van der Waals surface area contributed by atoms with E-state index in [1.807, 2.05) is 31.2 Å². The monoisotopic (exact) mass is 303 g/mol. The molecule has 0 unspecified atom stereocenters. The Hall–Kier alpha value is -1.81.